The van der Waals surface area contributed by atoms with E-state index in [-0.39, 0.29) is 29.9 Å². The molecule has 73 heavy (non-hydrogen) atoms. The fraction of sp³-hybridized carbons (Fsp3) is 0.386. The Hall–Kier alpha value is -7.43. The highest BCUT2D eigenvalue weighted by Gasteiger charge is 2.46. The number of benzene rings is 3. The van der Waals surface area contributed by atoms with E-state index >= 15 is 0 Å². The molecule has 0 spiro atoms. The Kier molecular flexibility index (Phi) is 15.5. The SMILES string of the molecule is Cc1nc([C@H](C)NC(=O)c2ccc(-c3ccc(N)cc3)cc2)cc(N2[C@H](C(=O)NCCCCN3CCN(CCOc4ccc(COc5ccc6oc(-c7cccnc7)nc6c5)nc4)CC3)C[C@@H]3CCCC[C@@H]32)n1. The lowest BCUT2D eigenvalue weighted by atomic mass is 9.84. The minimum absolute atomic E-state index is 0.0712. The van der Waals surface area contributed by atoms with Crippen molar-refractivity contribution in [1.82, 2.24) is 45.4 Å². The molecule has 4 aromatic heterocycles. The molecule has 4 N–H and O–H groups in total. The summed E-state index contributed by atoms with van der Waals surface area (Å²) in [4.78, 5) is 57.7. The molecule has 16 nitrogen and oxygen atoms in total. The number of nitrogens with two attached hydrogens (primary N) is 1. The van der Waals surface area contributed by atoms with Crippen LogP contribution in [0.2, 0.25) is 0 Å². The summed E-state index contributed by atoms with van der Waals surface area (Å²) in [6, 6.07) is 30.0. The number of piperazine rings is 1. The summed E-state index contributed by atoms with van der Waals surface area (Å²) in [6.07, 6.45) is 12.4. The third-order valence-corrected chi connectivity index (χ3v) is 14.5. The topological polar surface area (TPSA) is 190 Å². The van der Waals surface area contributed by atoms with Gasteiger partial charge in [0.2, 0.25) is 11.8 Å². The van der Waals surface area contributed by atoms with E-state index in [0.717, 1.165) is 123 Å². The fourth-order valence-electron chi connectivity index (χ4n) is 10.5. The molecule has 0 bridgehead atoms. The predicted octanol–water partition coefficient (Wildman–Crippen LogP) is 8.43. The van der Waals surface area contributed by atoms with Crippen molar-refractivity contribution in [2.24, 2.45) is 5.92 Å². The average molecular weight is 984 g/mol. The number of nitrogens with one attached hydrogen (secondary N) is 2. The molecule has 3 aromatic carbocycles. The Balaban J connectivity index is 0.634. The van der Waals surface area contributed by atoms with Crippen LogP contribution in [0.15, 0.2) is 120 Å². The maximum atomic E-state index is 14.0. The van der Waals surface area contributed by atoms with Crippen LogP contribution in [0, 0.1) is 12.8 Å². The number of pyridine rings is 2. The number of fused-ring (bicyclic) bond motifs is 2. The third-order valence-electron chi connectivity index (χ3n) is 14.5. The van der Waals surface area contributed by atoms with Gasteiger partial charge in [0, 0.05) is 81.1 Å². The number of oxazole rings is 1. The number of carbonyl (C=O) groups is 2. The average Bonchev–Trinajstić information content (AvgIpc) is 4.04. The van der Waals surface area contributed by atoms with Crippen molar-refractivity contribution in [2.75, 3.05) is 63.1 Å². The van der Waals surface area contributed by atoms with Gasteiger partial charge in [-0.15, -0.1) is 0 Å². The normalized spacial score (nSPS) is 18.5. The van der Waals surface area contributed by atoms with Crippen molar-refractivity contribution in [2.45, 2.75) is 83.5 Å². The molecule has 2 saturated heterocycles. The smallest absolute Gasteiger partial charge is 0.251 e. The van der Waals surface area contributed by atoms with Crippen LogP contribution in [0.4, 0.5) is 11.5 Å². The standard InChI is InChI=1S/C57H65N11O5/c1-38(62-55(69)42-13-11-40(12-14-42)41-15-17-45(58)18-16-41)49-34-54(64-39(2)63-49)68-51-10-4-3-8-43(51)32-52(68)56(70)60-24-5-6-25-66-26-28-67(29-27-66)30-31-71-48-20-19-46(61-36-48)37-72-47-21-22-53-50(33-47)65-57(73-53)44-9-7-23-59-35-44/h7,9,11-23,33-36,38,43,51-52H,3-6,8,10,24-32,37,58H2,1-2H3,(H,60,70)(H,62,69)/t38-,43-,51-,52-/m0/s1. The zero-order valence-electron chi connectivity index (χ0n) is 41.8. The van der Waals surface area contributed by atoms with Crippen molar-refractivity contribution in [3.8, 4) is 34.1 Å². The van der Waals surface area contributed by atoms with Crippen molar-refractivity contribution in [1.29, 1.82) is 0 Å². The molecule has 1 saturated carbocycles. The summed E-state index contributed by atoms with van der Waals surface area (Å²) in [6.45, 7) is 11.3. The first-order chi connectivity index (χ1) is 35.7. The van der Waals surface area contributed by atoms with Gasteiger partial charge in [0.05, 0.1) is 29.2 Å². The summed E-state index contributed by atoms with van der Waals surface area (Å²) in [5, 5.41) is 6.45. The van der Waals surface area contributed by atoms with Gasteiger partial charge in [-0.1, -0.05) is 37.1 Å². The van der Waals surface area contributed by atoms with Gasteiger partial charge in [0.25, 0.3) is 5.91 Å². The van der Waals surface area contributed by atoms with Crippen LogP contribution in [-0.4, -0.2) is 111 Å². The molecule has 0 unspecified atom stereocenters. The van der Waals surface area contributed by atoms with E-state index in [2.05, 4.69) is 40.3 Å². The molecule has 3 aliphatic rings. The van der Waals surface area contributed by atoms with Gasteiger partial charge in [-0.2, -0.15) is 0 Å². The second kappa shape index (κ2) is 23.0. The summed E-state index contributed by atoms with van der Waals surface area (Å²) in [7, 11) is 0. The molecular weight excluding hydrogens is 919 g/mol. The second-order valence-corrected chi connectivity index (χ2v) is 19.6. The maximum absolute atomic E-state index is 14.0. The Morgan fingerprint density at radius 2 is 1.58 bits per heavy atom. The third kappa shape index (κ3) is 12.3. The van der Waals surface area contributed by atoms with Gasteiger partial charge in [-0.25, -0.2) is 15.0 Å². The molecule has 4 atom stereocenters. The highest BCUT2D eigenvalue weighted by Crippen LogP contribution is 2.42. The van der Waals surface area contributed by atoms with Crippen LogP contribution < -0.4 is 30.7 Å². The summed E-state index contributed by atoms with van der Waals surface area (Å²) >= 11 is 0. The van der Waals surface area contributed by atoms with E-state index in [1.807, 2.05) is 111 Å². The number of anilines is 2. The Labute approximate surface area is 426 Å². The lowest BCUT2D eigenvalue weighted by molar-refractivity contribution is -0.122. The first-order valence-electron chi connectivity index (χ1n) is 25.8. The van der Waals surface area contributed by atoms with Crippen LogP contribution in [0.1, 0.15) is 85.5 Å². The Bertz CT molecular complexity index is 2950. The van der Waals surface area contributed by atoms with E-state index in [1.54, 1.807) is 18.6 Å². The highest BCUT2D eigenvalue weighted by atomic mass is 16.5. The first kappa shape index (κ1) is 49.2. The van der Waals surface area contributed by atoms with Crippen molar-refractivity contribution in [3.05, 3.63) is 138 Å². The number of rotatable bonds is 19. The monoisotopic (exact) mass is 984 g/mol. The van der Waals surface area contributed by atoms with Crippen LogP contribution >= 0.6 is 0 Å². The second-order valence-electron chi connectivity index (χ2n) is 19.6. The number of nitrogen functional groups attached to an aromatic ring is 1. The largest absolute Gasteiger partial charge is 0.491 e. The van der Waals surface area contributed by atoms with E-state index in [0.29, 0.717) is 60.0 Å². The predicted molar refractivity (Wildman–Crippen MR) is 282 cm³/mol. The van der Waals surface area contributed by atoms with Crippen molar-refractivity contribution < 1.29 is 23.5 Å². The summed E-state index contributed by atoms with van der Waals surface area (Å²) in [5.41, 5.74) is 12.9. The van der Waals surface area contributed by atoms with Crippen molar-refractivity contribution >= 4 is 34.4 Å². The molecule has 2 amide bonds. The van der Waals surface area contributed by atoms with Crippen molar-refractivity contribution in [3.63, 3.8) is 0 Å². The van der Waals surface area contributed by atoms with Crippen LogP contribution in [0.3, 0.4) is 0 Å². The van der Waals surface area contributed by atoms with Gasteiger partial charge >= 0.3 is 0 Å². The molecule has 1 aliphatic carbocycles. The molecule has 16 heteroatoms. The summed E-state index contributed by atoms with van der Waals surface area (Å²) < 4.78 is 18.0. The highest BCUT2D eigenvalue weighted by molar-refractivity contribution is 5.95. The van der Waals surface area contributed by atoms with E-state index in [4.69, 9.17) is 29.6 Å². The number of carbonyl (C=O) groups excluding carboxylic acids is 2. The molecule has 3 fully saturated rings. The van der Waals surface area contributed by atoms with Crippen LogP contribution in [0.25, 0.3) is 33.7 Å². The zero-order chi connectivity index (χ0) is 50.1. The molecular formula is C57H65N11O5. The first-order valence-corrected chi connectivity index (χ1v) is 25.8. The Morgan fingerprint density at radius 1 is 0.808 bits per heavy atom. The molecule has 6 heterocycles. The Morgan fingerprint density at radius 3 is 2.34 bits per heavy atom. The van der Waals surface area contributed by atoms with Gasteiger partial charge in [-0.05, 0) is 130 Å². The fourth-order valence-corrected chi connectivity index (χ4v) is 10.5. The van der Waals surface area contributed by atoms with Crippen LogP contribution in [-0.2, 0) is 11.4 Å². The minimum Gasteiger partial charge on any atom is -0.491 e. The molecule has 0 radical (unpaired) electrons. The number of nitrogens with zero attached hydrogens (tertiary/aromatic N) is 8. The molecule has 2 aliphatic heterocycles. The van der Waals surface area contributed by atoms with Gasteiger partial charge < -0.3 is 40.1 Å². The number of hydrogen-bond acceptors (Lipinski definition) is 14. The van der Waals surface area contributed by atoms with Gasteiger partial charge in [0.1, 0.15) is 47.9 Å². The molecule has 378 valence electrons. The number of aryl methyl sites for hydroxylation is 1. The number of ether oxygens (including phenoxy) is 2. The molecule has 10 rings (SSSR count). The number of unbranched alkanes of at least 4 members (excludes halogenated alkanes) is 1. The maximum Gasteiger partial charge on any atom is 0.251 e. The van der Waals surface area contributed by atoms with E-state index in [9.17, 15) is 9.59 Å². The number of amides is 2. The van der Waals surface area contributed by atoms with Gasteiger partial charge in [0.15, 0.2) is 5.58 Å². The lowest BCUT2D eigenvalue weighted by Crippen LogP contribution is -2.48. The van der Waals surface area contributed by atoms with E-state index in [1.165, 1.54) is 6.42 Å². The zero-order valence-corrected chi connectivity index (χ0v) is 41.8. The summed E-state index contributed by atoms with van der Waals surface area (Å²) in [5.74, 6) is 3.67. The van der Waals surface area contributed by atoms with E-state index < -0.39 is 0 Å². The van der Waals surface area contributed by atoms with Crippen LogP contribution in [0.5, 0.6) is 11.5 Å². The quantitative estimate of drug-likeness (QED) is 0.0517. The number of hydrogen-bond donors (Lipinski definition) is 3. The lowest BCUT2D eigenvalue weighted by Gasteiger charge is -2.35. The molecule has 7 aromatic rings. The minimum atomic E-state index is -0.372. The number of aromatic nitrogens is 5. The van der Waals surface area contributed by atoms with Gasteiger partial charge in [-0.3, -0.25) is 24.5 Å².